The van der Waals surface area contributed by atoms with Crippen LogP contribution in [0, 0.1) is 11.3 Å². The summed E-state index contributed by atoms with van der Waals surface area (Å²) >= 11 is 0. The second-order valence-corrected chi connectivity index (χ2v) is 5.25. The minimum absolute atomic E-state index is 0.0647. The zero-order valence-electron chi connectivity index (χ0n) is 11.0. The number of carboxylic acids is 1. The molecule has 1 amide bonds. The lowest BCUT2D eigenvalue weighted by molar-refractivity contribution is -0.121. The van der Waals surface area contributed by atoms with Crippen molar-refractivity contribution in [3.8, 4) is 5.75 Å². The molecule has 2 N–H and O–H groups in total. The molecule has 3 rings (SSSR count). The Morgan fingerprint density at radius 3 is 2.85 bits per heavy atom. The van der Waals surface area contributed by atoms with E-state index in [2.05, 4.69) is 5.32 Å². The van der Waals surface area contributed by atoms with Gasteiger partial charge in [0.25, 0.3) is 0 Å². The maximum absolute atomic E-state index is 12.2. The van der Waals surface area contributed by atoms with Crippen molar-refractivity contribution < 1.29 is 24.2 Å². The number of methoxy groups -OCH3 is 1. The van der Waals surface area contributed by atoms with Gasteiger partial charge in [-0.25, -0.2) is 4.79 Å². The van der Waals surface area contributed by atoms with Crippen molar-refractivity contribution in [1.82, 2.24) is 0 Å². The molecule has 0 radical (unpaired) electrons. The van der Waals surface area contributed by atoms with Gasteiger partial charge in [0, 0.05) is 17.7 Å². The number of anilines is 1. The molecular weight excluding hydrogens is 262 g/mol. The first kappa shape index (κ1) is 12.9. The Labute approximate surface area is 115 Å². The smallest absolute Gasteiger partial charge is 0.339 e. The van der Waals surface area contributed by atoms with E-state index < -0.39 is 5.97 Å². The van der Waals surface area contributed by atoms with Crippen molar-refractivity contribution in [2.24, 2.45) is 11.3 Å². The third-order valence-electron chi connectivity index (χ3n) is 4.05. The molecule has 0 unspecified atom stereocenters. The summed E-state index contributed by atoms with van der Waals surface area (Å²) in [7, 11) is 1.40. The first-order chi connectivity index (χ1) is 9.56. The molecule has 2 fully saturated rings. The monoisotopic (exact) mass is 277 g/mol. The number of carboxylic acid groups (broad SMARTS) is 1. The number of rotatable bonds is 4. The van der Waals surface area contributed by atoms with Crippen molar-refractivity contribution in [2.75, 3.05) is 25.6 Å². The third kappa shape index (κ3) is 1.92. The predicted octanol–water partition coefficient (Wildman–Crippen LogP) is 1.37. The topological polar surface area (TPSA) is 84.9 Å². The van der Waals surface area contributed by atoms with Crippen molar-refractivity contribution in [2.45, 2.75) is 6.42 Å². The molecule has 0 bridgehead atoms. The second-order valence-electron chi connectivity index (χ2n) is 5.25. The molecule has 2 atom stereocenters. The third-order valence-corrected chi connectivity index (χ3v) is 4.05. The summed E-state index contributed by atoms with van der Waals surface area (Å²) in [5.74, 6) is -0.583. The summed E-state index contributed by atoms with van der Waals surface area (Å²) in [6, 6.07) is 4.50. The van der Waals surface area contributed by atoms with E-state index in [1.54, 1.807) is 6.07 Å². The fraction of sp³-hybridized carbons (Fsp3) is 0.429. The van der Waals surface area contributed by atoms with Gasteiger partial charge in [-0.2, -0.15) is 0 Å². The van der Waals surface area contributed by atoms with E-state index >= 15 is 0 Å². The lowest BCUT2D eigenvalue weighted by atomic mass is 10.1. The fourth-order valence-electron chi connectivity index (χ4n) is 2.70. The molecule has 1 aromatic rings. The number of hydrogen-bond donors (Lipinski definition) is 2. The minimum Gasteiger partial charge on any atom is -0.496 e. The summed E-state index contributed by atoms with van der Waals surface area (Å²) in [6.45, 7) is 1.11. The number of ether oxygens (including phenoxy) is 2. The van der Waals surface area contributed by atoms with Crippen LogP contribution in [0.3, 0.4) is 0 Å². The lowest BCUT2D eigenvalue weighted by Crippen LogP contribution is -2.27. The zero-order valence-corrected chi connectivity index (χ0v) is 11.0. The quantitative estimate of drug-likeness (QED) is 0.868. The number of benzene rings is 1. The Morgan fingerprint density at radius 2 is 2.30 bits per heavy atom. The van der Waals surface area contributed by atoms with Gasteiger partial charge in [-0.05, 0) is 18.6 Å². The standard InChI is InChI=1S/C14H15NO5/c1-19-11-4-9(2-3-10(11)12(16)17)15-13(18)14-5-8(14)6-20-7-14/h2-4,8H,5-7H2,1H3,(H,15,18)(H,16,17)/t8-,14-/m0/s1. The summed E-state index contributed by atoms with van der Waals surface area (Å²) in [5, 5.41) is 11.8. The Hall–Kier alpha value is -2.08. The van der Waals surface area contributed by atoms with Gasteiger partial charge in [0.05, 0.1) is 25.7 Å². The summed E-state index contributed by atoms with van der Waals surface area (Å²) < 4.78 is 10.3. The van der Waals surface area contributed by atoms with E-state index in [9.17, 15) is 9.59 Å². The Kier molecular flexibility index (Phi) is 2.90. The molecule has 0 spiro atoms. The van der Waals surface area contributed by atoms with Crippen LogP contribution in [-0.4, -0.2) is 37.3 Å². The highest BCUT2D eigenvalue weighted by atomic mass is 16.5. The van der Waals surface area contributed by atoms with Crippen LogP contribution < -0.4 is 10.1 Å². The molecule has 1 heterocycles. The number of nitrogens with one attached hydrogen (secondary N) is 1. The molecular formula is C14H15NO5. The fourth-order valence-corrected chi connectivity index (χ4v) is 2.70. The normalized spacial score (nSPS) is 26.8. The lowest BCUT2D eigenvalue weighted by Gasteiger charge is -2.13. The number of amides is 1. The van der Waals surface area contributed by atoms with Gasteiger partial charge in [-0.15, -0.1) is 0 Å². The Balaban J connectivity index is 1.78. The highest BCUT2D eigenvalue weighted by molar-refractivity contribution is 5.99. The van der Waals surface area contributed by atoms with E-state index in [-0.39, 0.29) is 22.6 Å². The average molecular weight is 277 g/mol. The molecule has 6 nitrogen and oxygen atoms in total. The van der Waals surface area contributed by atoms with Crippen LogP contribution in [0.5, 0.6) is 5.75 Å². The maximum atomic E-state index is 12.2. The number of aromatic carboxylic acids is 1. The van der Waals surface area contributed by atoms with Crippen LogP contribution >= 0.6 is 0 Å². The van der Waals surface area contributed by atoms with Crippen LogP contribution in [0.2, 0.25) is 0 Å². The molecule has 1 saturated heterocycles. The van der Waals surface area contributed by atoms with Gasteiger partial charge < -0.3 is 19.9 Å². The summed E-state index contributed by atoms with van der Waals surface area (Å²) in [6.07, 6.45) is 0.864. The van der Waals surface area contributed by atoms with E-state index in [1.165, 1.54) is 19.2 Å². The van der Waals surface area contributed by atoms with Crippen molar-refractivity contribution in [3.05, 3.63) is 23.8 Å². The first-order valence-electron chi connectivity index (χ1n) is 6.37. The van der Waals surface area contributed by atoms with E-state index in [4.69, 9.17) is 14.6 Å². The second kappa shape index (κ2) is 4.49. The Bertz CT molecular complexity index is 585. The van der Waals surface area contributed by atoms with Gasteiger partial charge in [-0.1, -0.05) is 0 Å². The van der Waals surface area contributed by atoms with Crippen LogP contribution in [-0.2, 0) is 9.53 Å². The molecule has 2 aliphatic rings. The molecule has 6 heteroatoms. The zero-order chi connectivity index (χ0) is 14.3. The van der Waals surface area contributed by atoms with Gasteiger partial charge in [0.2, 0.25) is 5.91 Å². The largest absolute Gasteiger partial charge is 0.496 e. The van der Waals surface area contributed by atoms with E-state index in [0.29, 0.717) is 24.8 Å². The van der Waals surface area contributed by atoms with Crippen LogP contribution in [0.25, 0.3) is 0 Å². The Morgan fingerprint density at radius 1 is 1.50 bits per heavy atom. The van der Waals surface area contributed by atoms with Gasteiger partial charge in [0.1, 0.15) is 11.3 Å². The molecule has 20 heavy (non-hydrogen) atoms. The van der Waals surface area contributed by atoms with Gasteiger partial charge in [0.15, 0.2) is 0 Å². The highest BCUT2D eigenvalue weighted by Crippen LogP contribution is 2.57. The molecule has 1 aliphatic heterocycles. The maximum Gasteiger partial charge on any atom is 0.339 e. The van der Waals surface area contributed by atoms with Crippen molar-refractivity contribution in [3.63, 3.8) is 0 Å². The number of fused-ring (bicyclic) bond motifs is 1. The number of carbonyl (C=O) groups excluding carboxylic acids is 1. The number of carbonyl (C=O) groups is 2. The molecule has 0 aromatic heterocycles. The van der Waals surface area contributed by atoms with Crippen molar-refractivity contribution in [1.29, 1.82) is 0 Å². The van der Waals surface area contributed by atoms with Gasteiger partial charge in [-0.3, -0.25) is 4.79 Å². The van der Waals surface area contributed by atoms with Crippen molar-refractivity contribution >= 4 is 17.6 Å². The van der Waals surface area contributed by atoms with E-state index in [0.717, 1.165) is 6.42 Å². The SMILES string of the molecule is COc1cc(NC(=O)[C@@]23COC[C@@H]2C3)ccc1C(=O)O. The van der Waals surface area contributed by atoms with Crippen LogP contribution in [0.15, 0.2) is 18.2 Å². The molecule has 1 saturated carbocycles. The van der Waals surface area contributed by atoms with Gasteiger partial charge >= 0.3 is 5.97 Å². The first-order valence-corrected chi connectivity index (χ1v) is 6.37. The summed E-state index contributed by atoms with van der Waals surface area (Å²) in [4.78, 5) is 23.2. The molecule has 1 aromatic carbocycles. The number of hydrogen-bond acceptors (Lipinski definition) is 4. The van der Waals surface area contributed by atoms with Crippen LogP contribution in [0.4, 0.5) is 5.69 Å². The minimum atomic E-state index is -1.07. The van der Waals surface area contributed by atoms with Crippen LogP contribution in [0.1, 0.15) is 16.8 Å². The van der Waals surface area contributed by atoms with E-state index in [1.807, 2.05) is 0 Å². The predicted molar refractivity (Wildman–Crippen MR) is 69.9 cm³/mol. The molecule has 1 aliphatic carbocycles. The average Bonchev–Trinajstić information content (AvgIpc) is 3.00. The molecule has 106 valence electrons. The highest BCUT2D eigenvalue weighted by Gasteiger charge is 2.63. The summed E-state index contributed by atoms with van der Waals surface area (Å²) in [5.41, 5.74) is 0.222.